The molecule has 3 nitrogen and oxygen atoms in total. The van der Waals surface area contributed by atoms with Gasteiger partial charge in [0.25, 0.3) is 5.91 Å². The molecular weight excluding hydrogens is 274 g/mol. The molecule has 0 aromatic heterocycles. The Kier molecular flexibility index (Phi) is 4.65. The molecule has 1 amide bonds. The Morgan fingerprint density at radius 1 is 1.10 bits per heavy atom. The minimum atomic E-state index is -0.856. The Hall–Kier alpha value is -2.27. The summed E-state index contributed by atoms with van der Waals surface area (Å²) in [5.41, 5.74) is 7.28. The van der Waals surface area contributed by atoms with Gasteiger partial charge in [-0.1, -0.05) is 24.3 Å². The third-order valence-corrected chi connectivity index (χ3v) is 3.19. The summed E-state index contributed by atoms with van der Waals surface area (Å²) in [4.78, 5) is 13.5. The van der Waals surface area contributed by atoms with Gasteiger partial charge >= 0.3 is 0 Å². The van der Waals surface area contributed by atoms with Gasteiger partial charge in [0.15, 0.2) is 0 Å². The quantitative estimate of drug-likeness (QED) is 0.941. The molecule has 2 aromatic carbocycles. The molecule has 0 saturated heterocycles. The topological polar surface area (TPSA) is 46.3 Å². The first-order chi connectivity index (χ1) is 10.0. The zero-order chi connectivity index (χ0) is 15.4. The molecule has 2 rings (SSSR count). The van der Waals surface area contributed by atoms with Crippen molar-refractivity contribution in [3.63, 3.8) is 0 Å². The van der Waals surface area contributed by atoms with E-state index in [1.54, 1.807) is 7.05 Å². The van der Waals surface area contributed by atoms with Gasteiger partial charge in [-0.05, 0) is 23.3 Å². The summed E-state index contributed by atoms with van der Waals surface area (Å²) in [6.45, 7) is 0.788. The SMILES string of the molecule is CN(Cc1ccc(CN)cc1)C(=O)c1ccc(F)cc1F. The number of carbonyl (C=O) groups is 1. The van der Waals surface area contributed by atoms with Gasteiger partial charge in [0.05, 0.1) is 5.56 Å². The van der Waals surface area contributed by atoms with Gasteiger partial charge < -0.3 is 10.6 Å². The maximum atomic E-state index is 13.6. The summed E-state index contributed by atoms with van der Waals surface area (Å²) in [7, 11) is 1.57. The van der Waals surface area contributed by atoms with Gasteiger partial charge in [-0.25, -0.2) is 8.78 Å². The molecule has 0 unspecified atom stereocenters. The molecule has 0 spiro atoms. The molecule has 0 aliphatic carbocycles. The Bertz CT molecular complexity index is 641. The van der Waals surface area contributed by atoms with Crippen LogP contribution in [-0.2, 0) is 13.1 Å². The molecule has 5 heteroatoms. The van der Waals surface area contributed by atoms with E-state index in [2.05, 4.69) is 0 Å². The molecule has 0 bridgehead atoms. The normalized spacial score (nSPS) is 10.5. The van der Waals surface area contributed by atoms with E-state index in [0.29, 0.717) is 19.2 Å². The molecule has 21 heavy (non-hydrogen) atoms. The number of benzene rings is 2. The van der Waals surface area contributed by atoms with Crippen LogP contribution in [-0.4, -0.2) is 17.9 Å². The van der Waals surface area contributed by atoms with E-state index >= 15 is 0 Å². The van der Waals surface area contributed by atoms with E-state index in [1.807, 2.05) is 24.3 Å². The van der Waals surface area contributed by atoms with E-state index in [1.165, 1.54) is 4.90 Å². The van der Waals surface area contributed by atoms with Gasteiger partial charge in [0, 0.05) is 26.2 Å². The second kappa shape index (κ2) is 6.45. The van der Waals surface area contributed by atoms with Crippen molar-refractivity contribution in [2.45, 2.75) is 13.1 Å². The van der Waals surface area contributed by atoms with Crippen molar-refractivity contribution in [1.29, 1.82) is 0 Å². The first-order valence-corrected chi connectivity index (χ1v) is 6.49. The number of carbonyl (C=O) groups excluding carboxylic acids is 1. The number of halogens is 2. The Balaban J connectivity index is 2.11. The number of amides is 1. The lowest BCUT2D eigenvalue weighted by Crippen LogP contribution is -2.27. The fraction of sp³-hybridized carbons (Fsp3) is 0.188. The smallest absolute Gasteiger partial charge is 0.256 e. The fourth-order valence-corrected chi connectivity index (χ4v) is 1.99. The van der Waals surface area contributed by atoms with Crippen molar-refractivity contribution in [1.82, 2.24) is 4.90 Å². The van der Waals surface area contributed by atoms with Gasteiger partial charge in [-0.15, -0.1) is 0 Å². The van der Waals surface area contributed by atoms with Crippen molar-refractivity contribution in [2.24, 2.45) is 5.73 Å². The lowest BCUT2D eigenvalue weighted by molar-refractivity contribution is 0.0780. The molecule has 0 aliphatic heterocycles. The molecule has 0 atom stereocenters. The third kappa shape index (κ3) is 3.64. The molecule has 2 N–H and O–H groups in total. The molecule has 2 aromatic rings. The number of nitrogens with zero attached hydrogens (tertiary/aromatic N) is 1. The number of hydrogen-bond donors (Lipinski definition) is 1. The first kappa shape index (κ1) is 15.1. The zero-order valence-electron chi connectivity index (χ0n) is 11.6. The lowest BCUT2D eigenvalue weighted by atomic mass is 10.1. The van der Waals surface area contributed by atoms with Crippen LogP contribution in [0.15, 0.2) is 42.5 Å². The molecule has 0 heterocycles. The van der Waals surface area contributed by atoms with Crippen LogP contribution in [0.4, 0.5) is 8.78 Å². The number of nitrogens with two attached hydrogens (primary N) is 1. The third-order valence-electron chi connectivity index (χ3n) is 3.19. The highest BCUT2D eigenvalue weighted by atomic mass is 19.1. The second-order valence-corrected chi connectivity index (χ2v) is 4.81. The largest absolute Gasteiger partial charge is 0.337 e. The van der Waals surface area contributed by atoms with E-state index < -0.39 is 17.5 Å². The van der Waals surface area contributed by atoms with Crippen molar-refractivity contribution >= 4 is 5.91 Å². The van der Waals surface area contributed by atoms with E-state index in [4.69, 9.17) is 5.73 Å². The van der Waals surface area contributed by atoms with Crippen LogP contribution in [0.5, 0.6) is 0 Å². The Morgan fingerprint density at radius 3 is 2.29 bits per heavy atom. The summed E-state index contributed by atoms with van der Waals surface area (Å²) >= 11 is 0. The second-order valence-electron chi connectivity index (χ2n) is 4.81. The van der Waals surface area contributed by atoms with Crippen molar-refractivity contribution < 1.29 is 13.6 Å². The summed E-state index contributed by atoms with van der Waals surface area (Å²) in [5, 5.41) is 0. The Morgan fingerprint density at radius 2 is 1.71 bits per heavy atom. The van der Waals surface area contributed by atoms with Gasteiger partial charge in [-0.2, -0.15) is 0 Å². The monoisotopic (exact) mass is 290 g/mol. The summed E-state index contributed by atoms with van der Waals surface area (Å²) in [5.74, 6) is -2.05. The standard InChI is InChI=1S/C16H16F2N2O/c1-20(10-12-4-2-11(9-19)3-5-12)16(21)14-7-6-13(17)8-15(14)18/h2-8H,9-10,19H2,1H3. The van der Waals surface area contributed by atoms with Crippen LogP contribution < -0.4 is 5.73 Å². The summed E-state index contributed by atoms with van der Waals surface area (Å²) in [6, 6.07) is 10.4. The first-order valence-electron chi connectivity index (χ1n) is 6.49. The fourth-order valence-electron chi connectivity index (χ4n) is 1.99. The summed E-state index contributed by atoms with van der Waals surface area (Å²) < 4.78 is 26.5. The van der Waals surface area contributed by atoms with E-state index in [-0.39, 0.29) is 5.56 Å². The highest BCUT2D eigenvalue weighted by molar-refractivity contribution is 5.94. The number of rotatable bonds is 4. The highest BCUT2D eigenvalue weighted by Gasteiger charge is 2.16. The van der Waals surface area contributed by atoms with Crippen LogP contribution in [0.2, 0.25) is 0 Å². The van der Waals surface area contributed by atoms with Crippen LogP contribution in [0.1, 0.15) is 21.5 Å². The van der Waals surface area contributed by atoms with Crippen molar-refractivity contribution in [3.05, 3.63) is 70.8 Å². The minimum absolute atomic E-state index is 0.141. The minimum Gasteiger partial charge on any atom is -0.337 e. The maximum Gasteiger partial charge on any atom is 0.256 e. The van der Waals surface area contributed by atoms with Gasteiger partial charge in [-0.3, -0.25) is 4.79 Å². The van der Waals surface area contributed by atoms with Crippen molar-refractivity contribution in [3.8, 4) is 0 Å². The van der Waals surface area contributed by atoms with E-state index in [9.17, 15) is 13.6 Å². The van der Waals surface area contributed by atoms with Crippen LogP contribution in [0, 0.1) is 11.6 Å². The maximum absolute atomic E-state index is 13.6. The van der Waals surface area contributed by atoms with Gasteiger partial charge in [0.1, 0.15) is 11.6 Å². The van der Waals surface area contributed by atoms with Crippen LogP contribution >= 0.6 is 0 Å². The molecule has 0 aliphatic rings. The van der Waals surface area contributed by atoms with Crippen LogP contribution in [0.25, 0.3) is 0 Å². The highest BCUT2D eigenvalue weighted by Crippen LogP contribution is 2.14. The molecule has 0 radical (unpaired) electrons. The van der Waals surface area contributed by atoms with Crippen LogP contribution in [0.3, 0.4) is 0 Å². The number of hydrogen-bond acceptors (Lipinski definition) is 2. The van der Waals surface area contributed by atoms with Crippen molar-refractivity contribution in [2.75, 3.05) is 7.05 Å². The average Bonchev–Trinajstić information content (AvgIpc) is 2.47. The lowest BCUT2D eigenvalue weighted by Gasteiger charge is -2.18. The predicted octanol–water partition coefficient (Wildman–Crippen LogP) is 2.70. The average molecular weight is 290 g/mol. The predicted molar refractivity (Wildman–Crippen MR) is 76.5 cm³/mol. The Labute approximate surface area is 122 Å². The summed E-state index contributed by atoms with van der Waals surface area (Å²) in [6.07, 6.45) is 0. The van der Waals surface area contributed by atoms with E-state index in [0.717, 1.165) is 23.3 Å². The molecule has 0 saturated carbocycles. The zero-order valence-corrected chi connectivity index (χ0v) is 11.6. The molecular formula is C16H16F2N2O. The van der Waals surface area contributed by atoms with Gasteiger partial charge in [0.2, 0.25) is 0 Å². The molecule has 110 valence electrons. The molecule has 0 fully saturated rings.